The van der Waals surface area contributed by atoms with Crippen LogP contribution in [0.5, 0.6) is 0 Å². The molecule has 2 aromatic heterocycles. The Morgan fingerprint density at radius 2 is 2.03 bits per heavy atom. The first-order valence-corrected chi connectivity index (χ1v) is 10.6. The van der Waals surface area contributed by atoms with Crippen LogP contribution >= 0.6 is 27.7 Å². The summed E-state index contributed by atoms with van der Waals surface area (Å²) < 4.78 is 8.10. The average Bonchev–Trinajstić information content (AvgIpc) is 3.34. The van der Waals surface area contributed by atoms with Crippen LogP contribution in [0.15, 0.2) is 56.7 Å². The second-order valence-corrected chi connectivity index (χ2v) is 8.14. The zero-order valence-corrected chi connectivity index (χ0v) is 18.1. The van der Waals surface area contributed by atoms with E-state index in [1.165, 1.54) is 18.0 Å². The van der Waals surface area contributed by atoms with Crippen molar-refractivity contribution in [3.8, 4) is 11.6 Å². The standard InChI is InChI=1S/C19H20BrN5O3S/c1-12(13-4-6-14(20)7-5-13)22-17(27)11-29-19-24-23-18(15-3-2-10-28-15)25(19)9-8-16(21)26/h2-7,10,12H,8-9,11H2,1H3,(H2,21,26)(H,22,27). The maximum atomic E-state index is 12.4. The Kier molecular flexibility index (Phi) is 7.10. The van der Waals surface area contributed by atoms with Gasteiger partial charge in [0.1, 0.15) is 0 Å². The van der Waals surface area contributed by atoms with Gasteiger partial charge in [-0.05, 0) is 36.8 Å². The fourth-order valence-electron chi connectivity index (χ4n) is 2.66. The fourth-order valence-corrected chi connectivity index (χ4v) is 3.70. The van der Waals surface area contributed by atoms with Crippen LogP contribution in [0.3, 0.4) is 0 Å². The molecule has 3 rings (SSSR count). The molecule has 29 heavy (non-hydrogen) atoms. The second-order valence-electron chi connectivity index (χ2n) is 6.28. The number of furan rings is 1. The number of benzene rings is 1. The molecule has 1 atom stereocenters. The van der Waals surface area contributed by atoms with E-state index >= 15 is 0 Å². The predicted molar refractivity (Wildman–Crippen MR) is 113 cm³/mol. The number of nitrogens with one attached hydrogen (secondary N) is 1. The summed E-state index contributed by atoms with van der Waals surface area (Å²) in [6.07, 6.45) is 1.66. The zero-order valence-electron chi connectivity index (χ0n) is 15.7. The number of amides is 2. The van der Waals surface area contributed by atoms with Crippen molar-refractivity contribution in [3.05, 3.63) is 52.7 Å². The van der Waals surface area contributed by atoms with Gasteiger partial charge in [-0.15, -0.1) is 10.2 Å². The van der Waals surface area contributed by atoms with Gasteiger partial charge in [0.05, 0.1) is 18.1 Å². The molecule has 8 nitrogen and oxygen atoms in total. The number of carbonyl (C=O) groups excluding carboxylic acids is 2. The summed E-state index contributed by atoms with van der Waals surface area (Å²) >= 11 is 4.64. The van der Waals surface area contributed by atoms with Gasteiger partial charge < -0.3 is 15.5 Å². The predicted octanol–water partition coefficient (Wildman–Crippen LogP) is 3.15. The van der Waals surface area contributed by atoms with Gasteiger partial charge in [-0.25, -0.2) is 0 Å². The van der Waals surface area contributed by atoms with Gasteiger partial charge in [0.2, 0.25) is 11.8 Å². The Balaban J connectivity index is 1.65. The second kappa shape index (κ2) is 9.75. The topological polar surface area (TPSA) is 116 Å². The summed E-state index contributed by atoms with van der Waals surface area (Å²) in [5, 5.41) is 11.8. The molecule has 0 aliphatic heterocycles. The molecule has 0 bridgehead atoms. The van der Waals surface area contributed by atoms with Gasteiger partial charge in [-0.1, -0.05) is 39.8 Å². The largest absolute Gasteiger partial charge is 0.461 e. The Morgan fingerprint density at radius 3 is 2.69 bits per heavy atom. The fraction of sp³-hybridized carbons (Fsp3) is 0.263. The lowest BCUT2D eigenvalue weighted by Crippen LogP contribution is -2.28. The Bertz CT molecular complexity index is 972. The molecule has 152 valence electrons. The van der Waals surface area contributed by atoms with Crippen LogP contribution in [-0.2, 0) is 16.1 Å². The average molecular weight is 478 g/mol. The van der Waals surface area contributed by atoms with E-state index in [1.807, 2.05) is 31.2 Å². The highest BCUT2D eigenvalue weighted by molar-refractivity contribution is 9.10. The SMILES string of the molecule is CC(NC(=O)CSc1nnc(-c2ccco2)n1CCC(N)=O)c1ccc(Br)cc1. The molecule has 1 unspecified atom stereocenters. The number of thioether (sulfide) groups is 1. The van der Waals surface area contributed by atoms with Gasteiger partial charge in [0.25, 0.3) is 0 Å². The molecule has 0 aliphatic carbocycles. The summed E-state index contributed by atoms with van der Waals surface area (Å²) in [4.78, 5) is 23.6. The van der Waals surface area contributed by atoms with Gasteiger partial charge >= 0.3 is 0 Å². The summed E-state index contributed by atoms with van der Waals surface area (Å²) in [6, 6.07) is 11.2. The van der Waals surface area contributed by atoms with Crippen molar-refractivity contribution in [3.63, 3.8) is 0 Å². The first kappa shape index (κ1) is 21.1. The first-order chi connectivity index (χ1) is 13.9. The third-order valence-corrected chi connectivity index (χ3v) is 5.62. The smallest absolute Gasteiger partial charge is 0.230 e. The monoisotopic (exact) mass is 477 g/mol. The molecule has 0 aliphatic rings. The van der Waals surface area contributed by atoms with Gasteiger partial charge in [-0.2, -0.15) is 0 Å². The summed E-state index contributed by atoms with van der Waals surface area (Å²) in [7, 11) is 0. The van der Waals surface area contributed by atoms with Crippen LogP contribution in [0.2, 0.25) is 0 Å². The van der Waals surface area contributed by atoms with E-state index in [9.17, 15) is 9.59 Å². The number of halogens is 1. The van der Waals surface area contributed by atoms with E-state index < -0.39 is 5.91 Å². The molecule has 0 spiro atoms. The normalized spacial score (nSPS) is 11.9. The number of rotatable bonds is 9. The van der Waals surface area contributed by atoms with E-state index in [0.29, 0.717) is 23.3 Å². The zero-order chi connectivity index (χ0) is 20.8. The molecule has 0 saturated carbocycles. The van der Waals surface area contributed by atoms with Crippen molar-refractivity contribution < 1.29 is 14.0 Å². The lowest BCUT2D eigenvalue weighted by atomic mass is 10.1. The number of aromatic nitrogens is 3. The van der Waals surface area contributed by atoms with Crippen LogP contribution < -0.4 is 11.1 Å². The van der Waals surface area contributed by atoms with Crippen molar-refractivity contribution in [2.45, 2.75) is 31.1 Å². The molecule has 0 fully saturated rings. The molecule has 3 N–H and O–H groups in total. The van der Waals surface area contributed by atoms with Crippen molar-refractivity contribution in [2.75, 3.05) is 5.75 Å². The van der Waals surface area contributed by atoms with Crippen molar-refractivity contribution in [2.24, 2.45) is 5.73 Å². The molecule has 2 heterocycles. The molecule has 1 aromatic carbocycles. The quantitative estimate of drug-likeness (QED) is 0.457. The first-order valence-electron chi connectivity index (χ1n) is 8.87. The number of hydrogen-bond acceptors (Lipinski definition) is 6. The maximum absolute atomic E-state index is 12.4. The molecular formula is C19H20BrN5O3S. The summed E-state index contributed by atoms with van der Waals surface area (Å²) in [5.41, 5.74) is 6.29. The van der Waals surface area contributed by atoms with Crippen LogP contribution in [0.4, 0.5) is 0 Å². The Labute approximate surface area is 180 Å². The van der Waals surface area contributed by atoms with Gasteiger partial charge in [-0.3, -0.25) is 14.2 Å². The number of nitrogens with two attached hydrogens (primary N) is 1. The molecular weight excluding hydrogens is 458 g/mol. The molecule has 3 aromatic rings. The van der Waals surface area contributed by atoms with Crippen molar-refractivity contribution in [1.82, 2.24) is 20.1 Å². The van der Waals surface area contributed by atoms with Crippen LogP contribution in [-0.4, -0.2) is 32.3 Å². The molecule has 10 heteroatoms. The lowest BCUT2D eigenvalue weighted by Gasteiger charge is -2.14. The highest BCUT2D eigenvalue weighted by Crippen LogP contribution is 2.25. The third-order valence-electron chi connectivity index (χ3n) is 4.12. The number of carbonyl (C=O) groups is 2. The third kappa shape index (κ3) is 5.70. The minimum atomic E-state index is -0.430. The van der Waals surface area contributed by atoms with Crippen molar-refractivity contribution in [1.29, 1.82) is 0 Å². The van der Waals surface area contributed by atoms with Crippen LogP contribution in [0.25, 0.3) is 11.6 Å². The number of hydrogen-bond donors (Lipinski definition) is 2. The van der Waals surface area contributed by atoms with E-state index in [4.69, 9.17) is 10.2 Å². The van der Waals surface area contributed by atoms with Crippen LogP contribution in [0.1, 0.15) is 24.9 Å². The maximum Gasteiger partial charge on any atom is 0.230 e. The molecule has 0 radical (unpaired) electrons. The summed E-state index contributed by atoms with van der Waals surface area (Å²) in [6.45, 7) is 2.23. The summed E-state index contributed by atoms with van der Waals surface area (Å²) in [5.74, 6) is 0.619. The number of primary amides is 1. The lowest BCUT2D eigenvalue weighted by molar-refractivity contribution is -0.119. The highest BCUT2D eigenvalue weighted by Gasteiger charge is 2.18. The Hall–Kier alpha value is -2.59. The minimum Gasteiger partial charge on any atom is -0.461 e. The van der Waals surface area contributed by atoms with E-state index in [0.717, 1.165) is 10.0 Å². The highest BCUT2D eigenvalue weighted by atomic mass is 79.9. The van der Waals surface area contributed by atoms with E-state index in [-0.39, 0.29) is 24.1 Å². The van der Waals surface area contributed by atoms with E-state index in [2.05, 4.69) is 31.4 Å². The number of nitrogens with zero attached hydrogens (tertiary/aromatic N) is 3. The van der Waals surface area contributed by atoms with Crippen LogP contribution in [0, 0.1) is 0 Å². The van der Waals surface area contributed by atoms with E-state index in [1.54, 1.807) is 16.7 Å². The van der Waals surface area contributed by atoms with Gasteiger partial charge in [0.15, 0.2) is 16.7 Å². The Morgan fingerprint density at radius 1 is 1.28 bits per heavy atom. The van der Waals surface area contributed by atoms with Crippen molar-refractivity contribution >= 4 is 39.5 Å². The van der Waals surface area contributed by atoms with Gasteiger partial charge in [0, 0.05) is 17.4 Å². The molecule has 0 saturated heterocycles. The molecule has 2 amide bonds. The minimum absolute atomic E-state index is 0.123.